The quantitative estimate of drug-likeness (QED) is 0.785. The van der Waals surface area contributed by atoms with Crippen molar-refractivity contribution in [3.8, 4) is 0 Å². The number of allylic oxidation sites excluding steroid dienone is 1. The topological polar surface area (TPSA) is 68.2 Å². The minimum absolute atomic E-state index is 0.390. The first kappa shape index (κ1) is 18.7. The average Bonchev–Trinajstić information content (AvgIpc) is 2.60. The molecule has 25 heavy (non-hydrogen) atoms. The van der Waals surface area contributed by atoms with E-state index in [1.54, 1.807) is 13.8 Å². The molecule has 0 spiro atoms. The lowest BCUT2D eigenvalue weighted by Gasteiger charge is -2.31. The van der Waals surface area contributed by atoms with Crippen LogP contribution in [0.4, 0.5) is 5.69 Å². The van der Waals surface area contributed by atoms with Crippen molar-refractivity contribution in [2.24, 2.45) is 10.9 Å². The lowest BCUT2D eigenvalue weighted by atomic mass is 9.75. The van der Waals surface area contributed by atoms with Crippen molar-refractivity contribution in [1.29, 1.82) is 0 Å². The zero-order valence-electron chi connectivity index (χ0n) is 15.5. The number of methoxy groups -OCH3 is 2. The van der Waals surface area contributed by atoms with Crippen LogP contribution < -0.4 is 4.90 Å². The van der Waals surface area contributed by atoms with Gasteiger partial charge in [0.2, 0.25) is 0 Å². The zero-order valence-corrected chi connectivity index (χ0v) is 15.5. The molecule has 0 saturated heterocycles. The molecule has 1 aromatic carbocycles. The Morgan fingerprint density at radius 1 is 1.04 bits per heavy atom. The van der Waals surface area contributed by atoms with Gasteiger partial charge in [0.1, 0.15) is 5.92 Å². The van der Waals surface area contributed by atoms with Crippen molar-refractivity contribution >= 4 is 23.3 Å². The molecule has 1 aliphatic heterocycles. The summed E-state index contributed by atoms with van der Waals surface area (Å²) >= 11 is 0. The van der Waals surface area contributed by atoms with Crippen LogP contribution in [0.25, 0.3) is 0 Å². The molecule has 1 aromatic rings. The lowest BCUT2D eigenvalue weighted by molar-refractivity contribution is -0.143. The number of ether oxygens (including phenoxy) is 2. The largest absolute Gasteiger partial charge is 0.468 e. The fourth-order valence-corrected chi connectivity index (χ4v) is 3.18. The number of nitrogens with zero attached hydrogens (tertiary/aromatic N) is 2. The minimum atomic E-state index is -0.659. The molecule has 0 aliphatic carbocycles. The lowest BCUT2D eigenvalue weighted by Crippen LogP contribution is -2.36. The number of hydrogen-bond donors (Lipinski definition) is 0. The third kappa shape index (κ3) is 3.57. The molecule has 0 amide bonds. The molecule has 2 atom stereocenters. The smallest absolute Gasteiger partial charge is 0.336 e. The maximum atomic E-state index is 12.4. The number of hydrogen-bond acceptors (Lipinski definition) is 6. The molecule has 0 bridgehead atoms. The summed E-state index contributed by atoms with van der Waals surface area (Å²) in [4.78, 5) is 31.2. The second kappa shape index (κ2) is 7.51. The molecule has 0 saturated carbocycles. The van der Waals surface area contributed by atoms with E-state index < -0.39 is 23.8 Å². The number of rotatable bonds is 4. The molecular formula is C19H24N2O4. The Bertz CT molecular complexity index is 732. The van der Waals surface area contributed by atoms with Crippen molar-refractivity contribution in [1.82, 2.24) is 0 Å². The summed E-state index contributed by atoms with van der Waals surface area (Å²) in [6.45, 7) is 3.53. The van der Waals surface area contributed by atoms with E-state index in [9.17, 15) is 9.59 Å². The highest BCUT2D eigenvalue weighted by atomic mass is 16.5. The van der Waals surface area contributed by atoms with Gasteiger partial charge < -0.3 is 14.4 Å². The van der Waals surface area contributed by atoms with Crippen LogP contribution in [0.2, 0.25) is 0 Å². The highest BCUT2D eigenvalue weighted by molar-refractivity contribution is 6.06. The Balaban J connectivity index is 2.61. The first-order chi connectivity index (χ1) is 11.8. The maximum Gasteiger partial charge on any atom is 0.336 e. The molecule has 6 heteroatoms. The highest BCUT2D eigenvalue weighted by Gasteiger charge is 2.41. The molecule has 134 valence electrons. The molecule has 6 nitrogen and oxygen atoms in total. The molecule has 1 unspecified atom stereocenters. The van der Waals surface area contributed by atoms with E-state index in [1.165, 1.54) is 14.2 Å². The number of esters is 2. The Kier molecular flexibility index (Phi) is 5.62. The number of anilines is 1. The van der Waals surface area contributed by atoms with Crippen molar-refractivity contribution in [2.45, 2.75) is 19.8 Å². The summed E-state index contributed by atoms with van der Waals surface area (Å²) in [7, 11) is 6.57. The molecule has 0 aromatic heterocycles. The van der Waals surface area contributed by atoms with Crippen LogP contribution in [-0.4, -0.2) is 46.0 Å². The molecule has 1 heterocycles. The van der Waals surface area contributed by atoms with Crippen LogP contribution in [-0.2, 0) is 19.1 Å². The summed E-state index contributed by atoms with van der Waals surface area (Å²) in [6, 6.07) is 7.75. The summed E-state index contributed by atoms with van der Waals surface area (Å²) in [5.74, 6) is -2.05. The summed E-state index contributed by atoms with van der Waals surface area (Å²) in [5, 5.41) is 0. The van der Waals surface area contributed by atoms with Crippen LogP contribution in [0.5, 0.6) is 0 Å². The molecular weight excluding hydrogens is 320 g/mol. The Morgan fingerprint density at radius 2 is 1.64 bits per heavy atom. The molecule has 0 radical (unpaired) electrons. The van der Waals surface area contributed by atoms with Crippen LogP contribution >= 0.6 is 0 Å². The van der Waals surface area contributed by atoms with Crippen molar-refractivity contribution in [3.05, 3.63) is 41.1 Å². The first-order valence-electron chi connectivity index (χ1n) is 8.01. The Labute approximate surface area is 148 Å². The highest BCUT2D eigenvalue weighted by Crippen LogP contribution is 2.40. The third-order valence-corrected chi connectivity index (χ3v) is 4.46. The second-order valence-corrected chi connectivity index (χ2v) is 6.21. The van der Waals surface area contributed by atoms with Gasteiger partial charge in [0, 0.05) is 37.1 Å². The van der Waals surface area contributed by atoms with E-state index in [0.717, 1.165) is 11.3 Å². The zero-order chi connectivity index (χ0) is 18.7. The fraction of sp³-hybridized carbons (Fsp3) is 0.421. The van der Waals surface area contributed by atoms with Crippen LogP contribution in [0, 0.1) is 5.92 Å². The summed E-state index contributed by atoms with van der Waals surface area (Å²) in [6.07, 6.45) is 0. The fourth-order valence-electron chi connectivity index (χ4n) is 3.18. The number of benzene rings is 1. The van der Waals surface area contributed by atoms with Gasteiger partial charge in [0.25, 0.3) is 0 Å². The van der Waals surface area contributed by atoms with Crippen molar-refractivity contribution < 1.29 is 19.1 Å². The van der Waals surface area contributed by atoms with Crippen LogP contribution in [0.15, 0.2) is 40.5 Å². The van der Waals surface area contributed by atoms with E-state index in [4.69, 9.17) is 9.47 Å². The summed E-state index contributed by atoms with van der Waals surface area (Å²) in [5.41, 5.74) is 3.45. The third-order valence-electron chi connectivity index (χ3n) is 4.46. The molecule has 0 fully saturated rings. The SMILES string of the molecule is COC(=O)C1=C(C)N=C(C)C(C(=O)OC)[C@@H]1c1ccc(N(C)C)cc1. The van der Waals surface area contributed by atoms with Gasteiger partial charge >= 0.3 is 11.9 Å². The number of carbonyl (C=O) groups excluding carboxylic acids is 2. The van der Waals surface area contributed by atoms with E-state index in [1.807, 2.05) is 43.3 Å². The van der Waals surface area contributed by atoms with Crippen molar-refractivity contribution in [2.75, 3.05) is 33.2 Å². The van der Waals surface area contributed by atoms with E-state index >= 15 is 0 Å². The van der Waals surface area contributed by atoms with Crippen LogP contribution in [0.1, 0.15) is 25.3 Å². The van der Waals surface area contributed by atoms with Crippen molar-refractivity contribution in [3.63, 3.8) is 0 Å². The maximum absolute atomic E-state index is 12.4. The van der Waals surface area contributed by atoms with Gasteiger partial charge in [0.15, 0.2) is 0 Å². The second-order valence-electron chi connectivity index (χ2n) is 6.21. The Morgan fingerprint density at radius 3 is 2.12 bits per heavy atom. The van der Waals surface area contributed by atoms with Gasteiger partial charge in [0.05, 0.1) is 19.8 Å². The molecule has 0 N–H and O–H groups in total. The predicted octanol–water partition coefficient (Wildman–Crippen LogP) is 2.55. The monoisotopic (exact) mass is 344 g/mol. The van der Waals surface area contributed by atoms with E-state index in [-0.39, 0.29) is 0 Å². The van der Waals surface area contributed by atoms with Gasteiger partial charge in [-0.2, -0.15) is 0 Å². The predicted molar refractivity (Wildman–Crippen MR) is 96.8 cm³/mol. The van der Waals surface area contributed by atoms with Crippen LogP contribution in [0.3, 0.4) is 0 Å². The van der Waals surface area contributed by atoms with Gasteiger partial charge in [-0.05, 0) is 31.5 Å². The normalized spacial score (nSPS) is 20.0. The summed E-state index contributed by atoms with van der Waals surface area (Å²) < 4.78 is 9.91. The van der Waals surface area contributed by atoms with Gasteiger partial charge in [-0.1, -0.05) is 12.1 Å². The van der Waals surface area contributed by atoms with Gasteiger partial charge in [-0.25, -0.2) is 4.79 Å². The van der Waals surface area contributed by atoms with Gasteiger partial charge in [-0.15, -0.1) is 0 Å². The number of aliphatic imine (C=N–C) groups is 1. The first-order valence-corrected chi connectivity index (χ1v) is 8.01. The van der Waals surface area contributed by atoms with Gasteiger partial charge in [-0.3, -0.25) is 9.79 Å². The molecule has 2 rings (SSSR count). The number of carbonyl (C=O) groups is 2. The van der Waals surface area contributed by atoms with E-state index in [0.29, 0.717) is 17.0 Å². The average molecular weight is 344 g/mol. The molecule has 1 aliphatic rings. The van der Waals surface area contributed by atoms with E-state index in [2.05, 4.69) is 4.99 Å². The standard InChI is InChI=1S/C19H24N2O4/c1-11-15(18(22)24-5)17(16(12(2)20-11)19(23)25-6)13-7-9-14(10-8-13)21(3)4/h7-10,15,17H,1-6H3/t15?,17-/m0/s1. The Hall–Kier alpha value is -2.63. The minimum Gasteiger partial charge on any atom is -0.468 e.